The molecule has 0 radical (unpaired) electrons. The number of Topliss-reactive ketones (excluding diaryl/α,β-unsaturated/α-hetero) is 1. The number of carbonyl (C=O) groups is 2. The number of carbonyl (C=O) groups excluding carboxylic acids is 2. The van der Waals surface area contributed by atoms with Gasteiger partial charge in [0.2, 0.25) is 5.91 Å². The summed E-state index contributed by atoms with van der Waals surface area (Å²) in [5.74, 6) is -0.148. The Morgan fingerprint density at radius 2 is 1.88 bits per heavy atom. The van der Waals surface area contributed by atoms with Crippen LogP contribution in [0.5, 0.6) is 0 Å². The van der Waals surface area contributed by atoms with Gasteiger partial charge in [0, 0.05) is 36.5 Å². The van der Waals surface area contributed by atoms with E-state index in [1.165, 1.54) is 0 Å². The van der Waals surface area contributed by atoms with Crippen LogP contribution in [0.25, 0.3) is 5.69 Å². The Bertz CT molecular complexity index is 873. The Kier molecular flexibility index (Phi) is 5.59. The van der Waals surface area contributed by atoms with E-state index in [1.807, 2.05) is 60.2 Å². The highest BCUT2D eigenvalue weighted by Crippen LogP contribution is 2.17. The molecule has 0 saturated carbocycles. The standard InChI is InChI=1S/C21H21N3O2/c1-16(18-8-5-9-19(14-18)24-13-12-22-15-24)23-21(26)11-10-20(25)17-6-3-2-4-7-17/h2-9,12-16H,10-11H2,1H3,(H,23,26)/t16-/m1/s1. The molecule has 0 bridgehead atoms. The molecule has 0 fully saturated rings. The van der Waals surface area contributed by atoms with Gasteiger partial charge < -0.3 is 9.88 Å². The minimum absolute atomic E-state index is 0.0180. The molecule has 2 aromatic carbocycles. The summed E-state index contributed by atoms with van der Waals surface area (Å²) < 4.78 is 1.91. The maximum Gasteiger partial charge on any atom is 0.220 e. The number of amides is 1. The molecule has 1 atom stereocenters. The molecule has 0 aliphatic heterocycles. The zero-order chi connectivity index (χ0) is 18.4. The zero-order valence-electron chi connectivity index (χ0n) is 14.6. The van der Waals surface area contributed by atoms with Crippen molar-refractivity contribution >= 4 is 11.7 Å². The Balaban J connectivity index is 1.56. The van der Waals surface area contributed by atoms with Crippen molar-refractivity contribution in [2.24, 2.45) is 0 Å². The molecule has 0 aliphatic carbocycles. The molecule has 5 nitrogen and oxygen atoms in total. The molecule has 26 heavy (non-hydrogen) atoms. The van der Waals surface area contributed by atoms with Gasteiger partial charge in [-0.25, -0.2) is 4.98 Å². The Morgan fingerprint density at radius 1 is 1.08 bits per heavy atom. The molecule has 3 rings (SSSR count). The van der Waals surface area contributed by atoms with Gasteiger partial charge in [0.05, 0.1) is 12.4 Å². The van der Waals surface area contributed by atoms with Crippen molar-refractivity contribution in [2.75, 3.05) is 0 Å². The van der Waals surface area contributed by atoms with Crippen LogP contribution < -0.4 is 5.32 Å². The summed E-state index contributed by atoms with van der Waals surface area (Å²) in [5.41, 5.74) is 2.63. The number of aromatic nitrogens is 2. The second-order valence-corrected chi connectivity index (χ2v) is 6.14. The molecule has 132 valence electrons. The maximum absolute atomic E-state index is 12.2. The predicted octanol–water partition coefficient (Wildman–Crippen LogP) is 3.71. The van der Waals surface area contributed by atoms with Crippen LogP contribution in [0.1, 0.15) is 41.7 Å². The molecule has 1 N–H and O–H groups in total. The van der Waals surface area contributed by atoms with Gasteiger partial charge in [0.15, 0.2) is 5.78 Å². The van der Waals surface area contributed by atoms with E-state index < -0.39 is 0 Å². The first-order chi connectivity index (χ1) is 12.6. The van der Waals surface area contributed by atoms with E-state index in [0.29, 0.717) is 5.56 Å². The molecule has 3 aromatic rings. The lowest BCUT2D eigenvalue weighted by molar-refractivity contribution is -0.121. The van der Waals surface area contributed by atoms with Crippen LogP contribution in [0.2, 0.25) is 0 Å². The maximum atomic E-state index is 12.2. The summed E-state index contributed by atoms with van der Waals surface area (Å²) in [6, 6.07) is 16.8. The summed E-state index contributed by atoms with van der Waals surface area (Å²) >= 11 is 0. The summed E-state index contributed by atoms with van der Waals surface area (Å²) in [7, 11) is 0. The van der Waals surface area contributed by atoms with Gasteiger partial charge in [-0.1, -0.05) is 42.5 Å². The van der Waals surface area contributed by atoms with E-state index in [0.717, 1.165) is 11.3 Å². The van der Waals surface area contributed by atoms with Gasteiger partial charge >= 0.3 is 0 Å². The minimum Gasteiger partial charge on any atom is -0.350 e. The van der Waals surface area contributed by atoms with Crippen molar-refractivity contribution in [2.45, 2.75) is 25.8 Å². The Hall–Kier alpha value is -3.21. The first kappa shape index (κ1) is 17.6. The number of hydrogen-bond donors (Lipinski definition) is 1. The number of benzene rings is 2. The van der Waals surface area contributed by atoms with Gasteiger partial charge in [-0.2, -0.15) is 0 Å². The third kappa shape index (κ3) is 4.45. The second kappa shape index (κ2) is 8.25. The van der Waals surface area contributed by atoms with Crippen molar-refractivity contribution in [1.29, 1.82) is 0 Å². The normalized spacial score (nSPS) is 11.7. The van der Waals surface area contributed by atoms with Crippen LogP contribution in [0.3, 0.4) is 0 Å². The fourth-order valence-corrected chi connectivity index (χ4v) is 2.76. The summed E-state index contributed by atoms with van der Waals surface area (Å²) in [6.07, 6.45) is 5.72. The molecule has 1 aromatic heterocycles. The molecule has 0 aliphatic rings. The number of hydrogen-bond acceptors (Lipinski definition) is 3. The van der Waals surface area contributed by atoms with Crippen molar-refractivity contribution in [3.8, 4) is 5.69 Å². The van der Waals surface area contributed by atoms with Crippen LogP contribution in [0, 0.1) is 0 Å². The highest BCUT2D eigenvalue weighted by atomic mass is 16.2. The van der Waals surface area contributed by atoms with Gasteiger partial charge in [0.1, 0.15) is 0 Å². The molecule has 0 unspecified atom stereocenters. The summed E-state index contributed by atoms with van der Waals surface area (Å²) in [4.78, 5) is 28.3. The van der Waals surface area contributed by atoms with Crippen molar-refractivity contribution < 1.29 is 9.59 Å². The second-order valence-electron chi connectivity index (χ2n) is 6.14. The first-order valence-corrected chi connectivity index (χ1v) is 8.59. The lowest BCUT2D eigenvalue weighted by Crippen LogP contribution is -2.27. The molecule has 0 saturated heterocycles. The van der Waals surface area contributed by atoms with E-state index in [9.17, 15) is 9.59 Å². The molecule has 1 amide bonds. The molecule has 0 spiro atoms. The van der Waals surface area contributed by atoms with Crippen LogP contribution in [-0.2, 0) is 4.79 Å². The zero-order valence-corrected chi connectivity index (χ0v) is 14.6. The fourth-order valence-electron chi connectivity index (χ4n) is 2.76. The third-order valence-electron chi connectivity index (χ3n) is 4.23. The Labute approximate surface area is 152 Å². The highest BCUT2D eigenvalue weighted by molar-refractivity contribution is 5.97. The monoisotopic (exact) mass is 347 g/mol. The smallest absolute Gasteiger partial charge is 0.220 e. The van der Waals surface area contributed by atoms with E-state index in [4.69, 9.17) is 0 Å². The van der Waals surface area contributed by atoms with E-state index >= 15 is 0 Å². The fraction of sp³-hybridized carbons (Fsp3) is 0.190. The van der Waals surface area contributed by atoms with Gasteiger partial charge in [-0.3, -0.25) is 9.59 Å². The number of nitrogens with zero attached hydrogens (tertiary/aromatic N) is 2. The van der Waals surface area contributed by atoms with Gasteiger partial charge in [-0.05, 0) is 24.6 Å². The van der Waals surface area contributed by atoms with E-state index in [-0.39, 0.29) is 30.6 Å². The van der Waals surface area contributed by atoms with Crippen molar-refractivity contribution in [1.82, 2.24) is 14.9 Å². The lowest BCUT2D eigenvalue weighted by atomic mass is 10.1. The number of rotatable bonds is 7. The first-order valence-electron chi connectivity index (χ1n) is 8.59. The summed E-state index contributed by atoms with van der Waals surface area (Å²) in [6.45, 7) is 1.93. The average molecular weight is 347 g/mol. The average Bonchev–Trinajstić information content (AvgIpc) is 3.22. The lowest BCUT2D eigenvalue weighted by Gasteiger charge is -2.15. The van der Waals surface area contributed by atoms with Crippen LogP contribution >= 0.6 is 0 Å². The quantitative estimate of drug-likeness (QED) is 0.663. The van der Waals surface area contributed by atoms with Gasteiger partial charge in [-0.15, -0.1) is 0 Å². The largest absolute Gasteiger partial charge is 0.350 e. The molecule has 1 heterocycles. The number of ketones is 1. The Morgan fingerprint density at radius 3 is 2.62 bits per heavy atom. The number of imidazole rings is 1. The van der Waals surface area contributed by atoms with Crippen LogP contribution in [0.4, 0.5) is 0 Å². The van der Waals surface area contributed by atoms with Crippen molar-refractivity contribution in [3.05, 3.63) is 84.4 Å². The molecular weight excluding hydrogens is 326 g/mol. The van der Waals surface area contributed by atoms with Crippen LogP contribution in [-0.4, -0.2) is 21.2 Å². The topological polar surface area (TPSA) is 64.0 Å². The van der Waals surface area contributed by atoms with Crippen molar-refractivity contribution in [3.63, 3.8) is 0 Å². The van der Waals surface area contributed by atoms with E-state index in [2.05, 4.69) is 10.3 Å². The van der Waals surface area contributed by atoms with Gasteiger partial charge in [0.25, 0.3) is 0 Å². The highest BCUT2D eigenvalue weighted by Gasteiger charge is 2.13. The van der Waals surface area contributed by atoms with Crippen LogP contribution in [0.15, 0.2) is 73.3 Å². The molecule has 5 heteroatoms. The minimum atomic E-state index is -0.141. The predicted molar refractivity (Wildman–Crippen MR) is 100 cm³/mol. The molecular formula is C21H21N3O2. The number of nitrogens with one attached hydrogen (secondary N) is 1. The van der Waals surface area contributed by atoms with E-state index in [1.54, 1.807) is 24.7 Å². The third-order valence-corrected chi connectivity index (χ3v) is 4.23. The summed E-state index contributed by atoms with van der Waals surface area (Å²) in [5, 5.41) is 2.96. The SMILES string of the molecule is C[C@@H](NC(=O)CCC(=O)c1ccccc1)c1cccc(-n2ccnc2)c1.